The molecule has 82 valence electrons. The van der Waals surface area contributed by atoms with Crippen LogP contribution in [0.5, 0.6) is 0 Å². The Morgan fingerprint density at radius 3 is 1.71 bits per heavy atom. The Hall–Kier alpha value is 1.75. The summed E-state index contributed by atoms with van der Waals surface area (Å²) in [4.78, 5) is 0. The Morgan fingerprint density at radius 1 is 1.07 bits per heavy atom. The highest BCUT2D eigenvalue weighted by Crippen LogP contribution is 2.43. The van der Waals surface area contributed by atoms with Gasteiger partial charge in [0, 0.05) is 38.8 Å². The molecule has 2 saturated heterocycles. The molecule has 1 unspecified atom stereocenters. The molecule has 14 heavy (non-hydrogen) atoms. The second-order valence-electron chi connectivity index (χ2n) is 3.70. The molecule has 0 radical (unpaired) electrons. The van der Waals surface area contributed by atoms with Crippen molar-refractivity contribution in [2.75, 3.05) is 23.0 Å². The van der Waals surface area contributed by atoms with E-state index in [1.807, 2.05) is 0 Å². The fourth-order valence-corrected chi connectivity index (χ4v) is 7.33. The van der Waals surface area contributed by atoms with Crippen molar-refractivity contribution in [2.45, 2.75) is 27.3 Å². The highest BCUT2D eigenvalue weighted by Gasteiger charge is 2.30. The van der Waals surface area contributed by atoms with Crippen molar-refractivity contribution in [3.8, 4) is 0 Å². The highest BCUT2D eigenvalue weighted by atomic mass is 32.2. The summed E-state index contributed by atoms with van der Waals surface area (Å²) in [6.45, 7) is 2.24. The minimum atomic E-state index is 0.529. The highest BCUT2D eigenvalue weighted by molar-refractivity contribution is 8.20. The van der Waals surface area contributed by atoms with Gasteiger partial charge in [0.2, 0.25) is 0 Å². The summed E-state index contributed by atoms with van der Waals surface area (Å²) < 4.78 is 0.718. The molecule has 2 rings (SSSR count). The van der Waals surface area contributed by atoms with E-state index in [1.54, 1.807) is 0 Å². The second-order valence-corrected chi connectivity index (χ2v) is 9.86. The zero-order chi connectivity index (χ0) is 9.97. The first-order valence-corrected chi connectivity index (χ1v) is 9.61. The fraction of sp³-hybridized carbons (Fsp3) is 1.00. The van der Waals surface area contributed by atoms with Crippen LogP contribution in [-0.4, -0.2) is 43.3 Å². The first kappa shape index (κ1) is 12.2. The molecule has 0 N–H and O–H groups in total. The van der Waals surface area contributed by atoms with Crippen molar-refractivity contribution in [1.82, 2.24) is 0 Å². The molecule has 0 aromatic carbocycles. The molecule has 1 atom stereocenters. The maximum Gasteiger partial charge on any atom is 0.0622 e. The molecule has 2 aliphatic rings. The van der Waals surface area contributed by atoms with Gasteiger partial charge < -0.3 is 0 Å². The van der Waals surface area contributed by atoms with Crippen molar-refractivity contribution < 1.29 is 0 Å². The van der Waals surface area contributed by atoms with E-state index in [4.69, 9.17) is 0 Å². The van der Waals surface area contributed by atoms with Gasteiger partial charge in [-0.25, -0.2) is 0 Å². The zero-order valence-corrected chi connectivity index (χ0v) is 12.4. The summed E-state index contributed by atoms with van der Waals surface area (Å²) in [5.41, 5.74) is 0. The van der Waals surface area contributed by atoms with Crippen LogP contribution in [0.1, 0.15) is 6.92 Å². The third-order valence-electron chi connectivity index (χ3n) is 2.26. The largest absolute Gasteiger partial charge is 0.174 e. The van der Waals surface area contributed by atoms with Gasteiger partial charge in [-0.1, -0.05) is 6.92 Å². The predicted molar refractivity (Wildman–Crippen MR) is 79.6 cm³/mol. The van der Waals surface area contributed by atoms with Crippen LogP contribution in [0.15, 0.2) is 0 Å². The van der Waals surface area contributed by atoms with Crippen LogP contribution < -0.4 is 0 Å². The van der Waals surface area contributed by atoms with Gasteiger partial charge >= 0.3 is 0 Å². The molecule has 2 heterocycles. The molecule has 2 fully saturated rings. The molecule has 0 nitrogen and oxygen atoms in total. The lowest BCUT2D eigenvalue weighted by Gasteiger charge is -2.34. The summed E-state index contributed by atoms with van der Waals surface area (Å²) in [5, 5.41) is 2.36. The molecule has 0 spiro atoms. The quantitative estimate of drug-likeness (QED) is 0.607. The van der Waals surface area contributed by atoms with Crippen LogP contribution in [0.4, 0.5) is 0 Å². The van der Waals surface area contributed by atoms with Gasteiger partial charge in [0.15, 0.2) is 0 Å². The Balaban J connectivity index is 1.73. The number of hydrogen-bond acceptors (Lipinski definition) is 5. The predicted octanol–water partition coefficient (Wildman–Crippen LogP) is 3.33. The Bertz CT molecular complexity index is 160. The van der Waals surface area contributed by atoms with E-state index in [-0.39, 0.29) is 0 Å². The monoisotopic (exact) mass is 284 g/mol. The smallest absolute Gasteiger partial charge is 0.0622 e. The molecule has 5 heteroatoms. The molecule has 0 amide bonds. The van der Waals surface area contributed by atoms with Crippen molar-refractivity contribution >= 4 is 59.7 Å². The SMILES string of the molecule is CC(S)C(SC1CSC1)SC1CSC1. The average Bonchev–Trinajstić information content (AvgIpc) is 1.97. The van der Waals surface area contributed by atoms with Gasteiger partial charge in [0.05, 0.1) is 4.58 Å². The van der Waals surface area contributed by atoms with Crippen molar-refractivity contribution in [2.24, 2.45) is 0 Å². The van der Waals surface area contributed by atoms with Gasteiger partial charge in [-0.3, -0.25) is 0 Å². The van der Waals surface area contributed by atoms with Crippen LogP contribution in [-0.2, 0) is 0 Å². The van der Waals surface area contributed by atoms with E-state index in [0.717, 1.165) is 15.1 Å². The van der Waals surface area contributed by atoms with Gasteiger partial charge in [0.1, 0.15) is 0 Å². The molecule has 0 aromatic rings. The second kappa shape index (κ2) is 5.89. The van der Waals surface area contributed by atoms with Crippen molar-refractivity contribution in [3.05, 3.63) is 0 Å². The van der Waals surface area contributed by atoms with Gasteiger partial charge in [0.25, 0.3) is 0 Å². The molecule has 2 aliphatic heterocycles. The lowest BCUT2D eigenvalue weighted by Crippen LogP contribution is -2.30. The number of thiol groups is 1. The molecular formula is C9H16S5. The Labute approximate surface area is 109 Å². The minimum absolute atomic E-state index is 0.529. The van der Waals surface area contributed by atoms with Crippen molar-refractivity contribution in [3.63, 3.8) is 0 Å². The maximum absolute atomic E-state index is 4.61. The van der Waals surface area contributed by atoms with E-state index >= 15 is 0 Å². The average molecular weight is 285 g/mol. The summed E-state index contributed by atoms with van der Waals surface area (Å²) in [6.07, 6.45) is 0. The molecule has 0 aliphatic carbocycles. The number of hydrogen-bond donors (Lipinski definition) is 1. The van der Waals surface area contributed by atoms with E-state index in [9.17, 15) is 0 Å². The van der Waals surface area contributed by atoms with Gasteiger partial charge in [-0.05, 0) is 0 Å². The summed E-state index contributed by atoms with van der Waals surface area (Å²) in [5.74, 6) is 5.45. The minimum Gasteiger partial charge on any atom is -0.174 e. The van der Waals surface area contributed by atoms with E-state index in [0.29, 0.717) is 5.25 Å². The summed E-state index contributed by atoms with van der Waals surface area (Å²) >= 11 is 13.1. The third kappa shape index (κ3) is 3.37. The van der Waals surface area contributed by atoms with Gasteiger partial charge in [-0.15, -0.1) is 23.5 Å². The lowest BCUT2D eigenvalue weighted by molar-refractivity contribution is 1.02. The fourth-order valence-electron chi connectivity index (χ4n) is 1.22. The molecule has 0 aromatic heterocycles. The first-order valence-electron chi connectivity index (χ1n) is 4.90. The van der Waals surface area contributed by atoms with Crippen LogP contribution in [0.3, 0.4) is 0 Å². The third-order valence-corrected chi connectivity index (χ3v) is 9.82. The first-order chi connectivity index (χ1) is 6.75. The van der Waals surface area contributed by atoms with E-state index < -0.39 is 0 Å². The zero-order valence-electron chi connectivity index (χ0n) is 8.22. The summed E-state index contributed by atoms with van der Waals surface area (Å²) in [7, 11) is 0. The maximum atomic E-state index is 4.61. The van der Waals surface area contributed by atoms with E-state index in [2.05, 4.69) is 66.6 Å². The Morgan fingerprint density at radius 2 is 1.50 bits per heavy atom. The van der Waals surface area contributed by atoms with Crippen LogP contribution >= 0.6 is 59.7 Å². The van der Waals surface area contributed by atoms with Crippen LogP contribution in [0.2, 0.25) is 0 Å². The lowest BCUT2D eigenvalue weighted by atomic mass is 10.5. The van der Waals surface area contributed by atoms with Gasteiger partial charge in [-0.2, -0.15) is 36.2 Å². The Kier molecular flexibility index (Phi) is 5.14. The normalized spacial score (nSPS) is 25.9. The number of rotatable bonds is 5. The standard InChI is InChI=1S/C9H16S5/c1-6(10)9(13-7-2-11-3-7)14-8-4-12-5-8/h6-10H,2-5H2,1H3. The number of thioether (sulfide) groups is 4. The summed E-state index contributed by atoms with van der Waals surface area (Å²) in [6, 6.07) is 0. The van der Waals surface area contributed by atoms with Crippen LogP contribution in [0.25, 0.3) is 0 Å². The molecule has 0 saturated carbocycles. The van der Waals surface area contributed by atoms with E-state index in [1.165, 1.54) is 23.0 Å². The van der Waals surface area contributed by atoms with Crippen LogP contribution in [0, 0.1) is 0 Å². The topological polar surface area (TPSA) is 0 Å². The molecular weight excluding hydrogens is 268 g/mol. The van der Waals surface area contributed by atoms with Crippen molar-refractivity contribution in [1.29, 1.82) is 0 Å². The molecule has 0 bridgehead atoms.